The lowest BCUT2D eigenvalue weighted by Crippen LogP contribution is -2.31. The van der Waals surface area contributed by atoms with Gasteiger partial charge in [-0.1, -0.05) is 18.2 Å². The van der Waals surface area contributed by atoms with Gasteiger partial charge in [0.25, 0.3) is 36.3 Å². The Bertz CT molecular complexity index is 3020. The second-order valence-corrected chi connectivity index (χ2v) is 16.8. The molecule has 0 spiro atoms. The maximum Gasteiger partial charge on any atom is 0.296 e. The van der Waals surface area contributed by atoms with Crippen LogP contribution >= 0.6 is 0 Å². The first-order valence-corrected chi connectivity index (χ1v) is 21.8. The number of Topliss-reactive ketones (excluding diaryl/α,β-unsaturated/α-hetero) is 1. The molecule has 332 valence electrons. The minimum atomic E-state index is -5.29. The SMILES string of the molecule is CC(=O)C(N=Nc1ccc(N=Nc2cc(OCCO)c(N=Nc3c(S(=O)(=O)O)cc4cc(S(=O)(=O)O)cc(O)c4c3O)cc2OCCO)c(S(=O)(=O)O)c1)C(=O)Nc1ccccc1. The Hall–Kier alpha value is -6.85. The number of carbonyl (C=O) groups is 2. The number of rotatable bonds is 18. The molecule has 0 aromatic heterocycles. The summed E-state index contributed by atoms with van der Waals surface area (Å²) in [4.78, 5) is 22.1. The van der Waals surface area contributed by atoms with Gasteiger partial charge in [-0.25, -0.2) is 0 Å². The second-order valence-electron chi connectivity index (χ2n) is 12.6. The number of aromatic hydroxyl groups is 2. The van der Waals surface area contributed by atoms with Crippen LogP contribution < -0.4 is 14.8 Å². The van der Waals surface area contributed by atoms with Crippen molar-refractivity contribution in [3.05, 3.63) is 78.9 Å². The monoisotopic (exact) mass is 931 g/mol. The predicted molar refractivity (Wildman–Crippen MR) is 217 cm³/mol. The quantitative estimate of drug-likeness (QED) is 0.0316. The van der Waals surface area contributed by atoms with E-state index in [1.165, 1.54) is 0 Å². The molecule has 1 atom stereocenters. The van der Waals surface area contributed by atoms with E-state index in [-0.39, 0.29) is 28.6 Å². The molecule has 63 heavy (non-hydrogen) atoms. The third-order valence-corrected chi connectivity index (χ3v) is 10.7. The van der Waals surface area contributed by atoms with Crippen molar-refractivity contribution in [3.63, 3.8) is 0 Å². The Morgan fingerprint density at radius 1 is 0.667 bits per heavy atom. The zero-order valence-corrected chi connectivity index (χ0v) is 34.5. The van der Waals surface area contributed by atoms with Crippen molar-refractivity contribution in [3.8, 4) is 23.0 Å². The van der Waals surface area contributed by atoms with E-state index in [4.69, 9.17) is 9.47 Å². The van der Waals surface area contributed by atoms with Crippen LogP contribution in [0.15, 0.2) is 124 Å². The van der Waals surface area contributed by atoms with Crippen LogP contribution in [0, 0.1) is 0 Å². The van der Waals surface area contributed by atoms with E-state index in [1.807, 2.05) is 0 Å². The number of nitrogens with one attached hydrogen (secondary N) is 1. The van der Waals surface area contributed by atoms with E-state index in [2.05, 4.69) is 36.0 Å². The molecular weight excluding hydrogens is 899 g/mol. The highest BCUT2D eigenvalue weighted by atomic mass is 32.2. The molecule has 0 aliphatic rings. The van der Waals surface area contributed by atoms with Crippen LogP contribution in [-0.4, -0.2) is 103 Å². The number of carbonyl (C=O) groups excluding carboxylic acids is 2. The second kappa shape index (κ2) is 19.5. The number of azo groups is 3. The lowest BCUT2D eigenvalue weighted by molar-refractivity contribution is -0.126. The van der Waals surface area contributed by atoms with Crippen LogP contribution in [0.3, 0.4) is 0 Å². The zero-order chi connectivity index (χ0) is 46.3. The number of para-hydroxylation sites is 1. The highest BCUT2D eigenvalue weighted by molar-refractivity contribution is 7.86. The first kappa shape index (κ1) is 47.2. The Labute approximate surface area is 356 Å². The number of ketones is 1. The van der Waals surface area contributed by atoms with E-state index in [1.54, 1.807) is 30.3 Å². The van der Waals surface area contributed by atoms with Crippen molar-refractivity contribution in [1.82, 2.24) is 0 Å². The fourth-order valence-electron chi connectivity index (χ4n) is 5.36. The van der Waals surface area contributed by atoms with Gasteiger partial charge in [0, 0.05) is 23.9 Å². The van der Waals surface area contributed by atoms with E-state index in [0.29, 0.717) is 23.9 Å². The summed E-state index contributed by atoms with van der Waals surface area (Å²) in [6.07, 6.45) is 0. The third kappa shape index (κ3) is 11.7. The smallest absolute Gasteiger partial charge is 0.296 e. The van der Waals surface area contributed by atoms with Crippen molar-refractivity contribution in [2.24, 2.45) is 30.7 Å². The van der Waals surface area contributed by atoms with E-state index < -0.39 is 123 Å². The molecule has 0 bridgehead atoms. The molecule has 5 aromatic rings. The van der Waals surface area contributed by atoms with Gasteiger partial charge in [0.15, 0.2) is 11.5 Å². The molecule has 5 aromatic carbocycles. The molecule has 27 heteroatoms. The summed E-state index contributed by atoms with van der Waals surface area (Å²) in [7, 11) is -15.3. The standard InChI is InChI=1S/C36H33N7O17S3/c1-19(46)33(36(49)37-21-5-3-2-4-6-21)42-38-22-7-8-24(30(15-22)62(53,54)55)39-40-25-17-29(60-12-10-45)26(18-28(25)59-11-9-44)41-43-34-31(63(56,57)58)14-20-13-23(61(50,51)52)16-27(47)32(20)35(34)48/h2-8,13-18,33,44-45,47-48H,9-12H2,1H3,(H,37,49)(H,50,51,52)(H,53,54,55)(H,56,57,58). The number of hydrogen-bond acceptors (Lipinski definition) is 20. The summed E-state index contributed by atoms with van der Waals surface area (Å²) >= 11 is 0. The minimum Gasteiger partial charge on any atom is -0.507 e. The molecule has 0 heterocycles. The van der Waals surface area contributed by atoms with Crippen LogP contribution in [0.25, 0.3) is 10.8 Å². The fraction of sp³-hybridized carbons (Fsp3) is 0.167. The van der Waals surface area contributed by atoms with Crippen LogP contribution in [0.5, 0.6) is 23.0 Å². The van der Waals surface area contributed by atoms with E-state index >= 15 is 0 Å². The Morgan fingerprint density at radius 3 is 1.78 bits per heavy atom. The topological polar surface area (TPSA) is 383 Å². The number of hydrogen-bond donors (Lipinski definition) is 8. The summed E-state index contributed by atoms with van der Waals surface area (Å²) in [5.41, 5.74) is -1.99. The lowest BCUT2D eigenvalue weighted by Gasteiger charge is -2.13. The minimum absolute atomic E-state index is 0.241. The summed E-state index contributed by atoms with van der Waals surface area (Å²) in [5, 5.41) is 65.0. The number of aliphatic hydroxyl groups is 2. The summed E-state index contributed by atoms with van der Waals surface area (Å²) in [5.74, 6) is -4.21. The largest absolute Gasteiger partial charge is 0.507 e. The number of anilines is 1. The number of phenols is 2. The van der Waals surface area contributed by atoms with Gasteiger partial charge in [-0.05, 0) is 54.8 Å². The van der Waals surface area contributed by atoms with Gasteiger partial charge in [0.1, 0.15) is 63.0 Å². The van der Waals surface area contributed by atoms with Gasteiger partial charge < -0.3 is 35.2 Å². The van der Waals surface area contributed by atoms with Gasteiger partial charge in [-0.15, -0.1) is 20.5 Å². The van der Waals surface area contributed by atoms with Crippen molar-refractivity contribution in [1.29, 1.82) is 0 Å². The molecule has 0 aliphatic heterocycles. The predicted octanol–water partition coefficient (Wildman–Crippen LogP) is 5.24. The molecule has 8 N–H and O–H groups in total. The molecule has 24 nitrogen and oxygen atoms in total. The van der Waals surface area contributed by atoms with Gasteiger partial charge in [0.05, 0.1) is 29.2 Å². The van der Waals surface area contributed by atoms with E-state index in [9.17, 15) is 68.9 Å². The van der Waals surface area contributed by atoms with Gasteiger partial charge in [0.2, 0.25) is 6.04 Å². The lowest BCUT2D eigenvalue weighted by atomic mass is 10.1. The van der Waals surface area contributed by atoms with Crippen molar-refractivity contribution < 1.29 is 78.4 Å². The summed E-state index contributed by atoms with van der Waals surface area (Å²) in [6, 6.07) is 13.5. The highest BCUT2D eigenvalue weighted by Crippen LogP contribution is 2.47. The van der Waals surface area contributed by atoms with Crippen LogP contribution in [0.2, 0.25) is 0 Å². The molecule has 0 fully saturated rings. The first-order chi connectivity index (χ1) is 29.6. The van der Waals surface area contributed by atoms with Crippen LogP contribution in [-0.2, 0) is 39.9 Å². The summed E-state index contributed by atoms with van der Waals surface area (Å²) < 4.78 is 114. The Kier molecular flexibility index (Phi) is 14.6. The fourth-order valence-corrected chi connectivity index (χ4v) is 7.20. The first-order valence-electron chi connectivity index (χ1n) is 17.5. The maximum absolute atomic E-state index is 12.7. The molecular formula is C36H33N7O17S3. The van der Waals surface area contributed by atoms with Crippen molar-refractivity contribution >= 4 is 86.9 Å². The number of ether oxygens (including phenoxy) is 2. The van der Waals surface area contributed by atoms with Gasteiger partial charge in [-0.2, -0.15) is 35.5 Å². The number of aliphatic hydroxyl groups excluding tert-OH is 2. The molecule has 0 radical (unpaired) electrons. The van der Waals surface area contributed by atoms with Gasteiger partial charge >= 0.3 is 0 Å². The Morgan fingerprint density at radius 2 is 1.24 bits per heavy atom. The molecule has 1 amide bonds. The highest BCUT2D eigenvalue weighted by Gasteiger charge is 2.27. The average Bonchev–Trinajstić information content (AvgIpc) is 3.20. The molecule has 0 aliphatic carbocycles. The number of nitrogens with zero attached hydrogens (tertiary/aromatic N) is 6. The van der Waals surface area contributed by atoms with Crippen LogP contribution in [0.1, 0.15) is 6.92 Å². The number of fused-ring (bicyclic) bond motifs is 1. The van der Waals surface area contributed by atoms with Crippen molar-refractivity contribution in [2.45, 2.75) is 27.7 Å². The van der Waals surface area contributed by atoms with Crippen molar-refractivity contribution in [2.75, 3.05) is 31.7 Å². The molecule has 1 unspecified atom stereocenters. The molecule has 0 saturated carbocycles. The summed E-state index contributed by atoms with van der Waals surface area (Å²) in [6.45, 7) is -0.877. The van der Waals surface area contributed by atoms with Crippen LogP contribution in [0.4, 0.5) is 34.1 Å². The average molecular weight is 932 g/mol. The zero-order valence-electron chi connectivity index (χ0n) is 32.0. The maximum atomic E-state index is 12.7. The number of benzene rings is 5. The molecule has 0 saturated heterocycles. The Balaban J connectivity index is 1.57. The third-order valence-electron chi connectivity index (χ3n) is 8.12. The number of phenolic OH excluding ortho intramolecular Hbond substituents is 2. The normalized spacial score (nSPS) is 12.9. The number of amides is 1. The molecule has 5 rings (SSSR count). The van der Waals surface area contributed by atoms with Gasteiger partial charge in [-0.3, -0.25) is 23.2 Å². The van der Waals surface area contributed by atoms with E-state index in [0.717, 1.165) is 37.3 Å².